The van der Waals surface area contributed by atoms with Gasteiger partial charge in [0.2, 0.25) is 5.91 Å². The van der Waals surface area contributed by atoms with Crippen LogP contribution in [0.2, 0.25) is 0 Å². The summed E-state index contributed by atoms with van der Waals surface area (Å²) >= 11 is 3.28. The van der Waals surface area contributed by atoms with Crippen LogP contribution < -0.4 is 10.6 Å². The lowest BCUT2D eigenvalue weighted by Crippen LogP contribution is -2.48. The summed E-state index contributed by atoms with van der Waals surface area (Å²) in [6, 6.07) is 4.08. The van der Waals surface area contributed by atoms with Gasteiger partial charge in [0.05, 0.1) is 5.69 Å². The third-order valence-electron chi connectivity index (χ3n) is 3.04. The van der Waals surface area contributed by atoms with Gasteiger partial charge >= 0.3 is 0 Å². The molecule has 0 spiro atoms. The van der Waals surface area contributed by atoms with E-state index in [2.05, 4.69) is 26.6 Å². The molecule has 1 unspecified atom stereocenters. The molecule has 1 aromatic carbocycles. The molecule has 19 heavy (non-hydrogen) atoms. The number of carbonyl (C=O) groups is 1. The first-order valence-corrected chi connectivity index (χ1v) is 7.08. The van der Waals surface area contributed by atoms with Crippen molar-refractivity contribution in [3.05, 3.63) is 28.5 Å². The zero-order chi connectivity index (χ0) is 14.6. The van der Waals surface area contributed by atoms with Gasteiger partial charge in [0.15, 0.2) is 0 Å². The molecule has 3 nitrogen and oxygen atoms in total. The lowest BCUT2D eigenvalue weighted by Gasteiger charge is -2.27. The van der Waals surface area contributed by atoms with Crippen molar-refractivity contribution >= 4 is 27.5 Å². The molecule has 0 bridgehead atoms. The number of nitrogens with one attached hydrogen (secondary N) is 2. The SMILES string of the molecule is CCC(C)(C)NC(=O)C(C)Nc1cc(Br)ccc1F. The van der Waals surface area contributed by atoms with E-state index in [4.69, 9.17) is 0 Å². The van der Waals surface area contributed by atoms with Gasteiger partial charge in [-0.05, 0) is 45.4 Å². The Labute approximate surface area is 122 Å². The van der Waals surface area contributed by atoms with E-state index in [1.807, 2.05) is 20.8 Å². The van der Waals surface area contributed by atoms with Gasteiger partial charge in [-0.15, -0.1) is 0 Å². The maximum absolute atomic E-state index is 13.6. The summed E-state index contributed by atoms with van der Waals surface area (Å²) in [6.45, 7) is 7.63. The van der Waals surface area contributed by atoms with Crippen LogP contribution in [0.5, 0.6) is 0 Å². The van der Waals surface area contributed by atoms with Gasteiger partial charge in [-0.1, -0.05) is 22.9 Å². The Bertz CT molecular complexity index is 463. The summed E-state index contributed by atoms with van der Waals surface area (Å²) < 4.78 is 14.3. The lowest BCUT2D eigenvalue weighted by atomic mass is 10.0. The Morgan fingerprint density at radius 1 is 1.47 bits per heavy atom. The van der Waals surface area contributed by atoms with Crippen molar-refractivity contribution in [2.75, 3.05) is 5.32 Å². The molecule has 1 atom stereocenters. The smallest absolute Gasteiger partial charge is 0.242 e. The predicted molar refractivity (Wildman–Crippen MR) is 79.7 cm³/mol. The first-order valence-electron chi connectivity index (χ1n) is 6.29. The van der Waals surface area contributed by atoms with Crippen molar-refractivity contribution in [3.63, 3.8) is 0 Å². The number of hydrogen-bond acceptors (Lipinski definition) is 2. The highest BCUT2D eigenvalue weighted by molar-refractivity contribution is 9.10. The minimum absolute atomic E-state index is 0.147. The Morgan fingerprint density at radius 3 is 2.68 bits per heavy atom. The van der Waals surface area contributed by atoms with E-state index in [1.54, 1.807) is 19.1 Å². The molecule has 0 saturated carbocycles. The largest absolute Gasteiger partial charge is 0.371 e. The number of benzene rings is 1. The van der Waals surface area contributed by atoms with Crippen molar-refractivity contribution in [2.24, 2.45) is 0 Å². The number of amides is 1. The van der Waals surface area contributed by atoms with Crippen LogP contribution in [0.4, 0.5) is 10.1 Å². The minimum atomic E-state index is -0.505. The van der Waals surface area contributed by atoms with Crippen molar-refractivity contribution in [1.29, 1.82) is 0 Å². The third-order valence-corrected chi connectivity index (χ3v) is 3.53. The average Bonchev–Trinajstić information content (AvgIpc) is 2.33. The standard InChI is InChI=1S/C14H20BrFN2O/c1-5-14(3,4)18-13(19)9(2)17-12-8-10(15)6-7-11(12)16/h6-9,17H,5H2,1-4H3,(H,18,19). The third kappa shape index (κ3) is 4.82. The quantitative estimate of drug-likeness (QED) is 0.864. The van der Waals surface area contributed by atoms with Crippen molar-refractivity contribution < 1.29 is 9.18 Å². The van der Waals surface area contributed by atoms with Gasteiger partial charge in [0, 0.05) is 10.0 Å². The van der Waals surface area contributed by atoms with E-state index in [1.165, 1.54) is 6.07 Å². The second kappa shape index (κ2) is 6.37. The van der Waals surface area contributed by atoms with E-state index < -0.39 is 6.04 Å². The van der Waals surface area contributed by atoms with Crippen LogP contribution in [0.25, 0.3) is 0 Å². The van der Waals surface area contributed by atoms with E-state index in [-0.39, 0.29) is 17.3 Å². The van der Waals surface area contributed by atoms with Crippen LogP contribution in [0, 0.1) is 5.82 Å². The van der Waals surface area contributed by atoms with Crippen LogP contribution >= 0.6 is 15.9 Å². The van der Waals surface area contributed by atoms with Crippen molar-refractivity contribution in [1.82, 2.24) is 5.32 Å². The fourth-order valence-electron chi connectivity index (χ4n) is 1.44. The molecule has 1 amide bonds. The molecule has 0 aliphatic heterocycles. The summed E-state index contributed by atoms with van der Waals surface area (Å²) in [5.41, 5.74) is 0.0503. The van der Waals surface area contributed by atoms with Crippen molar-refractivity contribution in [3.8, 4) is 0 Å². The fraction of sp³-hybridized carbons (Fsp3) is 0.500. The lowest BCUT2D eigenvalue weighted by molar-refractivity contribution is -0.123. The maximum Gasteiger partial charge on any atom is 0.242 e. The van der Waals surface area contributed by atoms with Gasteiger partial charge in [0.25, 0.3) is 0 Å². The number of hydrogen-bond donors (Lipinski definition) is 2. The first-order chi connectivity index (χ1) is 8.75. The molecular formula is C14H20BrFN2O. The van der Waals surface area contributed by atoms with Gasteiger partial charge in [-0.3, -0.25) is 4.79 Å². The predicted octanol–water partition coefficient (Wildman–Crippen LogP) is 3.69. The molecule has 1 rings (SSSR count). The Morgan fingerprint density at radius 2 is 2.11 bits per heavy atom. The van der Waals surface area contributed by atoms with Gasteiger partial charge in [-0.2, -0.15) is 0 Å². The Kier molecular flexibility index (Phi) is 5.35. The summed E-state index contributed by atoms with van der Waals surface area (Å²) in [6.07, 6.45) is 0.830. The van der Waals surface area contributed by atoms with Crippen LogP contribution in [0.3, 0.4) is 0 Å². The van der Waals surface area contributed by atoms with Crippen molar-refractivity contribution in [2.45, 2.75) is 45.7 Å². The Hall–Kier alpha value is -1.10. The van der Waals surface area contributed by atoms with Crippen LogP contribution in [0.15, 0.2) is 22.7 Å². The molecule has 2 N–H and O–H groups in total. The summed E-state index contributed by atoms with van der Waals surface area (Å²) in [7, 11) is 0. The number of anilines is 1. The van der Waals surface area contributed by atoms with Gasteiger partial charge < -0.3 is 10.6 Å². The Balaban J connectivity index is 2.71. The summed E-state index contributed by atoms with van der Waals surface area (Å²) in [4.78, 5) is 12.0. The molecule has 106 valence electrons. The molecular weight excluding hydrogens is 311 g/mol. The highest BCUT2D eigenvalue weighted by atomic mass is 79.9. The molecule has 5 heteroatoms. The molecule has 0 saturated heterocycles. The molecule has 0 radical (unpaired) electrons. The molecule has 0 aliphatic rings. The van der Waals surface area contributed by atoms with Crippen LogP contribution in [-0.2, 0) is 4.79 Å². The maximum atomic E-state index is 13.6. The molecule has 0 fully saturated rings. The second-order valence-corrected chi connectivity index (χ2v) is 6.13. The highest BCUT2D eigenvalue weighted by Crippen LogP contribution is 2.20. The number of carbonyl (C=O) groups excluding carboxylic acids is 1. The van der Waals surface area contributed by atoms with Crippen LogP contribution in [-0.4, -0.2) is 17.5 Å². The zero-order valence-electron chi connectivity index (χ0n) is 11.7. The highest BCUT2D eigenvalue weighted by Gasteiger charge is 2.22. The zero-order valence-corrected chi connectivity index (χ0v) is 13.3. The molecule has 0 aliphatic carbocycles. The van der Waals surface area contributed by atoms with Crippen LogP contribution in [0.1, 0.15) is 34.1 Å². The molecule has 0 aromatic heterocycles. The number of halogens is 2. The fourth-order valence-corrected chi connectivity index (χ4v) is 1.80. The van der Waals surface area contributed by atoms with Gasteiger partial charge in [-0.25, -0.2) is 4.39 Å². The topological polar surface area (TPSA) is 41.1 Å². The number of rotatable bonds is 5. The summed E-state index contributed by atoms with van der Waals surface area (Å²) in [5, 5.41) is 5.80. The first kappa shape index (κ1) is 16.0. The van der Waals surface area contributed by atoms with E-state index >= 15 is 0 Å². The molecule has 0 heterocycles. The van der Waals surface area contributed by atoms with E-state index in [0.29, 0.717) is 5.69 Å². The van der Waals surface area contributed by atoms with E-state index in [9.17, 15) is 9.18 Å². The normalized spacial score (nSPS) is 12.9. The monoisotopic (exact) mass is 330 g/mol. The van der Waals surface area contributed by atoms with E-state index in [0.717, 1.165) is 10.9 Å². The molecule has 1 aromatic rings. The average molecular weight is 331 g/mol. The summed E-state index contributed by atoms with van der Waals surface area (Å²) in [5.74, 6) is -0.524. The second-order valence-electron chi connectivity index (χ2n) is 5.22. The van der Waals surface area contributed by atoms with Gasteiger partial charge in [0.1, 0.15) is 11.9 Å². The minimum Gasteiger partial charge on any atom is -0.371 e.